The van der Waals surface area contributed by atoms with E-state index in [0.717, 1.165) is 35.6 Å². The van der Waals surface area contributed by atoms with Crippen molar-refractivity contribution in [1.29, 1.82) is 0 Å². The van der Waals surface area contributed by atoms with Crippen LogP contribution >= 0.6 is 0 Å². The highest BCUT2D eigenvalue weighted by Crippen LogP contribution is 2.13. The van der Waals surface area contributed by atoms with Crippen LogP contribution in [0.4, 0.5) is 0 Å². The first-order chi connectivity index (χ1) is 9.55. The molecule has 0 fully saturated rings. The third-order valence-corrected chi connectivity index (χ3v) is 3.40. The van der Waals surface area contributed by atoms with Crippen molar-refractivity contribution in [2.24, 2.45) is 0 Å². The van der Waals surface area contributed by atoms with Crippen molar-refractivity contribution in [2.45, 2.75) is 47.1 Å². The van der Waals surface area contributed by atoms with Gasteiger partial charge in [0.2, 0.25) is 0 Å². The molecule has 4 heteroatoms. The van der Waals surface area contributed by atoms with Gasteiger partial charge in [-0.05, 0) is 19.4 Å². The fourth-order valence-electron chi connectivity index (χ4n) is 2.31. The first-order valence-corrected chi connectivity index (χ1v) is 7.08. The minimum absolute atomic E-state index is 0.0877. The molecule has 106 valence electrons. The van der Waals surface area contributed by atoms with Gasteiger partial charge in [0.1, 0.15) is 12.4 Å². The Labute approximate surface area is 119 Å². The van der Waals surface area contributed by atoms with E-state index >= 15 is 0 Å². The third-order valence-electron chi connectivity index (χ3n) is 3.40. The van der Waals surface area contributed by atoms with Gasteiger partial charge >= 0.3 is 0 Å². The zero-order chi connectivity index (χ0) is 14.7. The molecule has 0 unspecified atom stereocenters. The van der Waals surface area contributed by atoms with Crippen molar-refractivity contribution in [1.82, 2.24) is 14.8 Å². The molecular formula is C16H21N3O. The van der Waals surface area contributed by atoms with Gasteiger partial charge in [0.15, 0.2) is 11.6 Å². The second-order valence-corrected chi connectivity index (χ2v) is 5.05. The lowest BCUT2D eigenvalue weighted by molar-refractivity contribution is 0.0965. The van der Waals surface area contributed by atoms with Crippen LogP contribution in [0.5, 0.6) is 0 Å². The molecule has 0 radical (unpaired) electrons. The van der Waals surface area contributed by atoms with Crippen molar-refractivity contribution in [3.8, 4) is 0 Å². The summed E-state index contributed by atoms with van der Waals surface area (Å²) in [5.41, 5.74) is 2.96. The van der Waals surface area contributed by atoms with E-state index in [1.165, 1.54) is 5.56 Å². The largest absolute Gasteiger partial charge is 0.292 e. The van der Waals surface area contributed by atoms with Crippen LogP contribution < -0.4 is 0 Å². The highest BCUT2D eigenvalue weighted by Gasteiger charge is 2.14. The van der Waals surface area contributed by atoms with Gasteiger partial charge in [0.25, 0.3) is 0 Å². The number of Topliss-reactive ketones (excluding diaryl/α,β-unsaturated/α-hetero) is 1. The van der Waals surface area contributed by atoms with Gasteiger partial charge in [-0.15, -0.1) is 0 Å². The number of ketones is 1. The number of hydrogen-bond donors (Lipinski definition) is 0. The van der Waals surface area contributed by atoms with Gasteiger partial charge in [-0.3, -0.25) is 4.79 Å². The first-order valence-electron chi connectivity index (χ1n) is 7.08. The van der Waals surface area contributed by atoms with Gasteiger partial charge in [-0.25, -0.2) is 9.67 Å². The fraction of sp³-hybridized carbons (Fsp3) is 0.438. The minimum atomic E-state index is 0.0877. The summed E-state index contributed by atoms with van der Waals surface area (Å²) in [6, 6.07) is 5.91. The summed E-state index contributed by atoms with van der Waals surface area (Å²) in [5.74, 6) is 1.76. The molecule has 0 aliphatic heterocycles. The lowest BCUT2D eigenvalue weighted by Gasteiger charge is -2.07. The Balaban J connectivity index is 2.25. The van der Waals surface area contributed by atoms with E-state index in [-0.39, 0.29) is 12.3 Å². The molecule has 0 saturated heterocycles. The normalized spacial score (nSPS) is 10.8. The van der Waals surface area contributed by atoms with Crippen LogP contribution in [0.2, 0.25) is 0 Å². The maximum atomic E-state index is 12.4. The summed E-state index contributed by atoms with van der Waals surface area (Å²) < 4.78 is 1.74. The van der Waals surface area contributed by atoms with Crippen LogP contribution in [0.1, 0.15) is 47.0 Å². The summed E-state index contributed by atoms with van der Waals surface area (Å²) in [6.45, 7) is 8.31. The molecule has 1 heterocycles. The predicted octanol–water partition coefficient (Wildman–Crippen LogP) is 2.90. The molecular weight excluding hydrogens is 250 g/mol. The van der Waals surface area contributed by atoms with Crippen LogP contribution in [-0.2, 0) is 19.4 Å². The lowest BCUT2D eigenvalue weighted by atomic mass is 10.0. The van der Waals surface area contributed by atoms with E-state index in [1.807, 2.05) is 45.9 Å². The summed E-state index contributed by atoms with van der Waals surface area (Å²) in [6.07, 6.45) is 1.57. The number of carbonyl (C=O) groups excluding carboxylic acids is 1. The number of nitrogens with zero attached hydrogens (tertiary/aromatic N) is 3. The number of carbonyl (C=O) groups is 1. The summed E-state index contributed by atoms with van der Waals surface area (Å²) in [4.78, 5) is 16.9. The number of hydrogen-bond acceptors (Lipinski definition) is 3. The Morgan fingerprint density at radius 3 is 2.55 bits per heavy atom. The van der Waals surface area contributed by atoms with Crippen LogP contribution in [-0.4, -0.2) is 20.5 Å². The molecule has 2 rings (SSSR count). The van der Waals surface area contributed by atoms with Crippen molar-refractivity contribution < 1.29 is 4.79 Å². The minimum Gasteiger partial charge on any atom is -0.292 e. The average molecular weight is 271 g/mol. The quantitative estimate of drug-likeness (QED) is 0.786. The van der Waals surface area contributed by atoms with E-state index in [2.05, 4.69) is 10.1 Å². The zero-order valence-electron chi connectivity index (χ0n) is 12.6. The Morgan fingerprint density at radius 2 is 1.95 bits per heavy atom. The maximum Gasteiger partial charge on any atom is 0.184 e. The summed E-state index contributed by atoms with van der Waals surface area (Å²) >= 11 is 0. The molecule has 0 amide bonds. The number of benzene rings is 1. The second-order valence-electron chi connectivity index (χ2n) is 5.05. The predicted molar refractivity (Wildman–Crippen MR) is 79.0 cm³/mol. The standard InChI is InChI=1S/C16H21N3O/c1-5-15-17-16(6-2)19(18-15)10-14(20)13-8-7-11(3)9-12(13)4/h7-9H,5-6,10H2,1-4H3. The number of aromatic nitrogens is 3. The monoisotopic (exact) mass is 271 g/mol. The van der Waals surface area contributed by atoms with Crippen LogP contribution in [0.15, 0.2) is 18.2 Å². The summed E-state index contributed by atoms with van der Waals surface area (Å²) in [5, 5.41) is 4.40. The van der Waals surface area contributed by atoms with E-state index in [0.29, 0.717) is 0 Å². The molecule has 2 aromatic rings. The molecule has 0 N–H and O–H groups in total. The van der Waals surface area contributed by atoms with Gasteiger partial charge in [0, 0.05) is 18.4 Å². The van der Waals surface area contributed by atoms with Crippen molar-refractivity contribution >= 4 is 5.78 Å². The Hall–Kier alpha value is -1.97. The molecule has 0 aliphatic carbocycles. The molecule has 0 saturated carbocycles. The first kappa shape index (κ1) is 14.4. The van der Waals surface area contributed by atoms with Crippen LogP contribution in [0.25, 0.3) is 0 Å². The zero-order valence-corrected chi connectivity index (χ0v) is 12.6. The molecule has 0 aliphatic rings. The van der Waals surface area contributed by atoms with Crippen molar-refractivity contribution in [3.63, 3.8) is 0 Å². The molecule has 0 atom stereocenters. The van der Waals surface area contributed by atoms with Gasteiger partial charge in [-0.2, -0.15) is 5.10 Å². The summed E-state index contributed by atoms with van der Waals surface area (Å²) in [7, 11) is 0. The Morgan fingerprint density at radius 1 is 1.20 bits per heavy atom. The molecule has 4 nitrogen and oxygen atoms in total. The van der Waals surface area contributed by atoms with Crippen LogP contribution in [0.3, 0.4) is 0 Å². The smallest absolute Gasteiger partial charge is 0.184 e. The van der Waals surface area contributed by atoms with E-state index < -0.39 is 0 Å². The Bertz CT molecular complexity index is 629. The van der Waals surface area contributed by atoms with E-state index in [1.54, 1.807) is 4.68 Å². The molecule has 1 aromatic heterocycles. The number of rotatable bonds is 5. The molecule has 0 bridgehead atoms. The molecule has 0 spiro atoms. The van der Waals surface area contributed by atoms with Crippen molar-refractivity contribution in [3.05, 3.63) is 46.5 Å². The fourth-order valence-corrected chi connectivity index (χ4v) is 2.31. The van der Waals surface area contributed by atoms with Crippen molar-refractivity contribution in [2.75, 3.05) is 0 Å². The number of aryl methyl sites for hydroxylation is 4. The third kappa shape index (κ3) is 2.95. The highest BCUT2D eigenvalue weighted by molar-refractivity contribution is 5.97. The lowest BCUT2D eigenvalue weighted by Crippen LogP contribution is -2.15. The van der Waals surface area contributed by atoms with E-state index in [4.69, 9.17) is 0 Å². The molecule has 1 aromatic carbocycles. The molecule has 20 heavy (non-hydrogen) atoms. The van der Waals surface area contributed by atoms with E-state index in [9.17, 15) is 4.79 Å². The average Bonchev–Trinajstić information content (AvgIpc) is 2.80. The maximum absolute atomic E-state index is 12.4. The van der Waals surface area contributed by atoms with Gasteiger partial charge in [-0.1, -0.05) is 37.6 Å². The van der Waals surface area contributed by atoms with Crippen LogP contribution in [0, 0.1) is 13.8 Å². The SMILES string of the molecule is CCc1nc(CC)n(CC(=O)c2ccc(C)cc2C)n1. The second kappa shape index (κ2) is 5.99. The van der Waals surface area contributed by atoms with Gasteiger partial charge < -0.3 is 0 Å². The van der Waals surface area contributed by atoms with Gasteiger partial charge in [0.05, 0.1) is 0 Å². The topological polar surface area (TPSA) is 47.8 Å². The Kier molecular flexibility index (Phi) is 4.32. The highest BCUT2D eigenvalue weighted by atomic mass is 16.1.